The summed E-state index contributed by atoms with van der Waals surface area (Å²) < 4.78 is 16.2. The van der Waals surface area contributed by atoms with Crippen molar-refractivity contribution in [3.05, 3.63) is 16.6 Å². The molecule has 0 spiro atoms. The maximum Gasteiger partial charge on any atom is 0.495 e. The van der Waals surface area contributed by atoms with Crippen molar-refractivity contribution in [2.24, 2.45) is 0 Å². The van der Waals surface area contributed by atoms with Gasteiger partial charge in [0, 0.05) is 28.0 Å². The van der Waals surface area contributed by atoms with Crippen LogP contribution in [-0.2, 0) is 9.31 Å². The van der Waals surface area contributed by atoms with Gasteiger partial charge in [0.05, 0.1) is 21.0 Å². The summed E-state index contributed by atoms with van der Waals surface area (Å²) in [5.74, 6) is 0. The third kappa shape index (κ3) is 4.42. The minimum atomic E-state index is -1.38. The SMILES string of the molecule is C[Si](C)(C)c1cc(Br)c(-c2sc([Si](C)(C)C)cc2B2OCCCO2)s1. The van der Waals surface area contributed by atoms with Crippen LogP contribution in [-0.4, -0.2) is 36.5 Å². The van der Waals surface area contributed by atoms with E-state index in [-0.39, 0.29) is 7.12 Å². The van der Waals surface area contributed by atoms with E-state index in [9.17, 15) is 0 Å². The van der Waals surface area contributed by atoms with Gasteiger partial charge >= 0.3 is 7.12 Å². The molecule has 0 aromatic carbocycles. The van der Waals surface area contributed by atoms with Gasteiger partial charge in [-0.25, -0.2) is 0 Å². The van der Waals surface area contributed by atoms with Crippen LogP contribution in [0.1, 0.15) is 6.42 Å². The molecule has 3 heterocycles. The molecule has 1 saturated heterocycles. The predicted molar refractivity (Wildman–Crippen MR) is 123 cm³/mol. The van der Waals surface area contributed by atoms with Gasteiger partial charge in [0.15, 0.2) is 0 Å². The summed E-state index contributed by atoms with van der Waals surface area (Å²) in [6.07, 6.45) is 0.985. The fourth-order valence-corrected chi connectivity index (χ4v) is 9.97. The molecule has 1 fully saturated rings. The highest BCUT2D eigenvalue weighted by atomic mass is 79.9. The van der Waals surface area contributed by atoms with E-state index in [1.807, 2.05) is 22.7 Å². The molecule has 0 atom stereocenters. The molecule has 2 aromatic heterocycles. The van der Waals surface area contributed by atoms with Crippen LogP contribution in [0.3, 0.4) is 0 Å². The molecule has 136 valence electrons. The summed E-state index contributed by atoms with van der Waals surface area (Å²) in [7, 11) is -2.92. The lowest BCUT2D eigenvalue weighted by Gasteiger charge is -2.20. The van der Waals surface area contributed by atoms with Crippen molar-refractivity contribution in [2.75, 3.05) is 13.2 Å². The third-order valence-corrected chi connectivity index (χ3v) is 14.7. The summed E-state index contributed by atoms with van der Waals surface area (Å²) in [6, 6.07) is 4.70. The second-order valence-electron chi connectivity index (χ2n) is 8.61. The van der Waals surface area contributed by atoms with Crippen molar-refractivity contribution >= 4 is 76.3 Å². The maximum atomic E-state index is 5.96. The minimum Gasteiger partial charge on any atom is -0.407 e. The number of hydrogen-bond donors (Lipinski definition) is 0. The Morgan fingerprint density at radius 2 is 1.40 bits per heavy atom. The average molecular weight is 473 g/mol. The van der Waals surface area contributed by atoms with Crippen LogP contribution in [0.4, 0.5) is 0 Å². The molecule has 2 aromatic rings. The van der Waals surface area contributed by atoms with Crippen molar-refractivity contribution in [3.63, 3.8) is 0 Å². The zero-order valence-electron chi connectivity index (χ0n) is 15.9. The summed E-state index contributed by atoms with van der Waals surface area (Å²) in [5, 5.41) is 0. The van der Waals surface area contributed by atoms with Gasteiger partial charge in [-0.05, 0) is 37.4 Å². The van der Waals surface area contributed by atoms with Gasteiger partial charge in [-0.1, -0.05) is 45.3 Å². The molecule has 8 heteroatoms. The van der Waals surface area contributed by atoms with Crippen molar-refractivity contribution in [3.8, 4) is 9.75 Å². The zero-order chi connectivity index (χ0) is 18.4. The topological polar surface area (TPSA) is 18.5 Å². The summed E-state index contributed by atoms with van der Waals surface area (Å²) >= 11 is 7.73. The first-order valence-electron chi connectivity index (χ1n) is 8.75. The number of halogens is 1. The second-order valence-corrected chi connectivity index (χ2v) is 22.4. The third-order valence-electron chi connectivity index (χ3n) is 4.21. The second kappa shape index (κ2) is 7.37. The van der Waals surface area contributed by atoms with E-state index < -0.39 is 16.1 Å². The largest absolute Gasteiger partial charge is 0.495 e. The van der Waals surface area contributed by atoms with E-state index in [0.29, 0.717) is 0 Å². The molecule has 0 amide bonds. The Kier molecular flexibility index (Phi) is 5.91. The van der Waals surface area contributed by atoms with Gasteiger partial charge in [0.1, 0.15) is 0 Å². The zero-order valence-corrected chi connectivity index (χ0v) is 21.1. The van der Waals surface area contributed by atoms with Gasteiger partial charge in [-0.2, -0.15) is 0 Å². The van der Waals surface area contributed by atoms with Crippen LogP contribution in [0.25, 0.3) is 9.75 Å². The average Bonchev–Trinajstić information content (AvgIpc) is 3.10. The van der Waals surface area contributed by atoms with E-state index in [2.05, 4.69) is 67.3 Å². The van der Waals surface area contributed by atoms with Gasteiger partial charge in [0.2, 0.25) is 0 Å². The molecule has 0 aliphatic carbocycles. The molecule has 1 aliphatic heterocycles. The molecule has 0 unspecified atom stereocenters. The monoisotopic (exact) mass is 472 g/mol. The number of rotatable bonds is 4. The van der Waals surface area contributed by atoms with Crippen LogP contribution < -0.4 is 14.5 Å². The van der Waals surface area contributed by atoms with Crippen LogP contribution >= 0.6 is 38.6 Å². The molecule has 0 bridgehead atoms. The Balaban J connectivity index is 2.11. The van der Waals surface area contributed by atoms with Crippen LogP contribution in [0.2, 0.25) is 39.3 Å². The molecule has 0 N–H and O–H groups in total. The quantitative estimate of drug-likeness (QED) is 0.611. The Labute approximate surface area is 170 Å². The van der Waals surface area contributed by atoms with Crippen molar-refractivity contribution in [1.29, 1.82) is 0 Å². The summed E-state index contributed by atoms with van der Waals surface area (Å²) in [6.45, 7) is 16.0. The van der Waals surface area contributed by atoms with E-state index >= 15 is 0 Å². The predicted octanol–water partition coefficient (Wildman–Crippen LogP) is 4.46. The van der Waals surface area contributed by atoms with Gasteiger partial charge < -0.3 is 9.31 Å². The molecular formula is C17H26BBrO2S2Si2. The van der Waals surface area contributed by atoms with E-state index in [0.717, 1.165) is 19.6 Å². The molecule has 25 heavy (non-hydrogen) atoms. The standard InChI is InChI=1S/C17H26BBrO2S2Si2/c1-24(2,3)14-10-12(18-20-8-7-9-21-18)16(22-14)17-13(19)11-15(23-17)25(4,5)6/h10-11H,7-9H2,1-6H3. The van der Waals surface area contributed by atoms with Crippen molar-refractivity contribution in [2.45, 2.75) is 45.7 Å². The van der Waals surface area contributed by atoms with Gasteiger partial charge in [-0.3, -0.25) is 0 Å². The lowest BCUT2D eigenvalue weighted by atomic mass is 9.78. The van der Waals surface area contributed by atoms with Gasteiger partial charge in [-0.15, -0.1) is 22.7 Å². The first-order valence-corrected chi connectivity index (χ1v) is 18.2. The highest BCUT2D eigenvalue weighted by Crippen LogP contribution is 2.36. The fraction of sp³-hybridized carbons (Fsp3) is 0.529. The molecule has 0 saturated carbocycles. The van der Waals surface area contributed by atoms with Crippen molar-refractivity contribution in [1.82, 2.24) is 0 Å². The Morgan fingerprint density at radius 1 is 0.880 bits per heavy atom. The maximum absolute atomic E-state index is 5.96. The van der Waals surface area contributed by atoms with E-state index in [1.165, 1.54) is 28.7 Å². The summed E-state index contributed by atoms with van der Waals surface area (Å²) in [5.41, 5.74) is 1.23. The number of thiophene rings is 2. The van der Waals surface area contributed by atoms with Crippen LogP contribution in [0.5, 0.6) is 0 Å². The van der Waals surface area contributed by atoms with Gasteiger partial charge in [0.25, 0.3) is 0 Å². The molecule has 1 aliphatic rings. The van der Waals surface area contributed by atoms with E-state index in [1.54, 1.807) is 0 Å². The lowest BCUT2D eigenvalue weighted by molar-refractivity contribution is 0.143. The minimum absolute atomic E-state index is 0.213. The Morgan fingerprint density at radius 3 is 1.92 bits per heavy atom. The van der Waals surface area contributed by atoms with Crippen molar-refractivity contribution < 1.29 is 9.31 Å². The Bertz CT molecular complexity index is 756. The normalized spacial score (nSPS) is 16.5. The van der Waals surface area contributed by atoms with Crippen LogP contribution in [0.15, 0.2) is 16.6 Å². The number of hydrogen-bond acceptors (Lipinski definition) is 4. The smallest absolute Gasteiger partial charge is 0.407 e. The highest BCUT2D eigenvalue weighted by Gasteiger charge is 2.34. The molecule has 3 rings (SSSR count). The fourth-order valence-electron chi connectivity index (χ4n) is 2.69. The van der Waals surface area contributed by atoms with Crippen LogP contribution in [0, 0.1) is 0 Å². The highest BCUT2D eigenvalue weighted by molar-refractivity contribution is 9.10. The molecular weight excluding hydrogens is 447 g/mol. The molecule has 0 radical (unpaired) electrons. The molecule has 2 nitrogen and oxygen atoms in total. The van der Waals surface area contributed by atoms with E-state index in [4.69, 9.17) is 9.31 Å². The Hall–Kier alpha value is 0.299. The summed E-state index contributed by atoms with van der Waals surface area (Å²) in [4.78, 5) is 2.69. The first-order chi connectivity index (χ1) is 11.6. The first kappa shape index (κ1) is 20.0. The lowest BCUT2D eigenvalue weighted by Crippen LogP contribution is -2.42.